The molecule has 0 amide bonds. The molecule has 5 rings (SSSR count). The fourth-order valence-corrected chi connectivity index (χ4v) is 7.03. The highest BCUT2D eigenvalue weighted by molar-refractivity contribution is 6.00. The lowest BCUT2D eigenvalue weighted by Gasteiger charge is -2.55. The van der Waals surface area contributed by atoms with Gasteiger partial charge in [0.05, 0.1) is 5.56 Å². The predicted octanol–water partition coefficient (Wildman–Crippen LogP) is 4.39. The fraction of sp³-hybridized carbons (Fsp3) is 0.714. The molecule has 1 heterocycles. The van der Waals surface area contributed by atoms with Crippen molar-refractivity contribution in [3.63, 3.8) is 0 Å². The van der Waals surface area contributed by atoms with Gasteiger partial charge in [0.15, 0.2) is 5.78 Å². The van der Waals surface area contributed by atoms with Gasteiger partial charge in [-0.05, 0) is 50.4 Å². The maximum Gasteiger partial charge on any atom is 0.166 e. The highest BCUT2D eigenvalue weighted by atomic mass is 16.3. The molecule has 3 nitrogen and oxygen atoms in total. The van der Waals surface area contributed by atoms with Crippen LogP contribution in [0.15, 0.2) is 4.42 Å². The second-order valence-electron chi connectivity index (χ2n) is 9.17. The van der Waals surface area contributed by atoms with Crippen molar-refractivity contribution in [2.45, 2.75) is 71.1 Å². The van der Waals surface area contributed by atoms with Crippen LogP contribution in [0, 0.1) is 30.1 Å². The highest BCUT2D eigenvalue weighted by Crippen LogP contribution is 2.63. The van der Waals surface area contributed by atoms with Crippen molar-refractivity contribution >= 4 is 11.6 Å². The van der Waals surface area contributed by atoms with Crippen molar-refractivity contribution in [1.82, 2.24) is 0 Å². The van der Waals surface area contributed by atoms with E-state index in [1.54, 1.807) is 0 Å². The van der Waals surface area contributed by atoms with Crippen LogP contribution in [0.1, 0.15) is 79.8 Å². The van der Waals surface area contributed by atoms with Crippen molar-refractivity contribution in [3.05, 3.63) is 22.6 Å². The first-order chi connectivity index (χ1) is 11.4. The molecule has 0 aliphatic heterocycles. The molecule has 1 aromatic rings. The molecule has 0 saturated heterocycles. The summed E-state index contributed by atoms with van der Waals surface area (Å²) in [5.74, 6) is 4.27. The summed E-state index contributed by atoms with van der Waals surface area (Å²) in [7, 11) is 0. The van der Waals surface area contributed by atoms with Crippen LogP contribution < -0.4 is 0 Å². The molecule has 128 valence electrons. The Hall–Kier alpha value is -1.38. The molecule has 2 saturated carbocycles. The Balaban J connectivity index is 1.67. The van der Waals surface area contributed by atoms with Crippen molar-refractivity contribution in [2.75, 3.05) is 0 Å². The first-order valence-corrected chi connectivity index (χ1v) is 9.55. The summed E-state index contributed by atoms with van der Waals surface area (Å²) < 4.78 is 6.13. The van der Waals surface area contributed by atoms with Gasteiger partial charge in [0.1, 0.15) is 17.3 Å². The summed E-state index contributed by atoms with van der Waals surface area (Å²) in [4.78, 5) is 25.0. The molecular weight excluding hydrogens is 300 g/mol. The van der Waals surface area contributed by atoms with Gasteiger partial charge in [0.25, 0.3) is 0 Å². The van der Waals surface area contributed by atoms with Crippen LogP contribution in [-0.4, -0.2) is 11.6 Å². The van der Waals surface area contributed by atoms with Crippen LogP contribution in [0.4, 0.5) is 0 Å². The summed E-state index contributed by atoms with van der Waals surface area (Å²) in [6.45, 7) is 6.53. The molecular formula is C21H26O3. The van der Waals surface area contributed by atoms with Gasteiger partial charge in [-0.3, -0.25) is 9.59 Å². The van der Waals surface area contributed by atoms with Gasteiger partial charge in [-0.1, -0.05) is 13.8 Å². The summed E-state index contributed by atoms with van der Waals surface area (Å²) in [5, 5.41) is 0. The maximum atomic E-state index is 12.5. The molecule has 3 unspecified atom stereocenters. The minimum atomic E-state index is -0.107. The Labute approximate surface area is 143 Å². The topological polar surface area (TPSA) is 47.3 Å². The minimum Gasteiger partial charge on any atom is -0.465 e. The molecule has 0 bridgehead atoms. The van der Waals surface area contributed by atoms with Crippen LogP contribution in [0.3, 0.4) is 0 Å². The summed E-state index contributed by atoms with van der Waals surface area (Å²) in [5.41, 5.74) is 2.09. The zero-order valence-corrected chi connectivity index (χ0v) is 14.9. The van der Waals surface area contributed by atoms with Crippen molar-refractivity contribution in [1.29, 1.82) is 0 Å². The number of fused-ring (bicyclic) bond motifs is 4. The normalized spacial score (nSPS) is 43.4. The molecule has 0 spiro atoms. The maximum absolute atomic E-state index is 12.5. The van der Waals surface area contributed by atoms with Crippen molar-refractivity contribution in [3.8, 4) is 0 Å². The quantitative estimate of drug-likeness (QED) is 0.710. The van der Waals surface area contributed by atoms with E-state index in [2.05, 4.69) is 13.8 Å². The van der Waals surface area contributed by atoms with Gasteiger partial charge in [0.2, 0.25) is 0 Å². The molecule has 24 heavy (non-hydrogen) atoms. The summed E-state index contributed by atoms with van der Waals surface area (Å²) in [6.07, 6.45) is 6.48. The Morgan fingerprint density at radius 2 is 1.75 bits per heavy atom. The van der Waals surface area contributed by atoms with E-state index in [1.807, 2.05) is 6.92 Å². The number of ketones is 2. The molecule has 4 aliphatic rings. The molecule has 0 aromatic carbocycles. The van der Waals surface area contributed by atoms with Gasteiger partial charge in [-0.15, -0.1) is 0 Å². The van der Waals surface area contributed by atoms with Crippen molar-refractivity contribution in [2.24, 2.45) is 23.2 Å². The van der Waals surface area contributed by atoms with Gasteiger partial charge in [-0.25, -0.2) is 0 Å². The van der Waals surface area contributed by atoms with Gasteiger partial charge >= 0.3 is 0 Å². The SMILES string of the molecule is Cc1oc2c3c1C(=O)CC[C@]3(C)C1CC[C@]3(C)C(=O)CCC3C1C2. The van der Waals surface area contributed by atoms with E-state index in [1.165, 1.54) is 5.56 Å². The van der Waals surface area contributed by atoms with Gasteiger partial charge in [-0.2, -0.15) is 0 Å². The standard InChI is InChI=1S/C21H26O3/c1-11-18-15(22)7-9-21(3)14-6-8-20(2)13(4-5-17(20)23)12(14)10-16(24-11)19(18)21/h12-14H,4-10H2,1-3H3/t12?,13?,14?,20-,21+/m0/s1. The third-order valence-corrected chi connectivity index (χ3v) is 8.26. The number of hydrogen-bond acceptors (Lipinski definition) is 3. The fourth-order valence-electron chi connectivity index (χ4n) is 7.03. The number of rotatable bonds is 0. The van der Waals surface area contributed by atoms with Crippen LogP contribution in [0.5, 0.6) is 0 Å². The summed E-state index contributed by atoms with van der Waals surface area (Å²) >= 11 is 0. The van der Waals surface area contributed by atoms with Gasteiger partial charge < -0.3 is 4.42 Å². The number of Topliss-reactive ketones (excluding diaryl/α,β-unsaturated/α-hetero) is 2. The Kier molecular flexibility index (Phi) is 2.75. The number of aryl methyl sites for hydroxylation is 1. The highest BCUT2D eigenvalue weighted by Gasteiger charge is 2.60. The lowest BCUT2D eigenvalue weighted by molar-refractivity contribution is -0.131. The molecule has 5 atom stereocenters. The van der Waals surface area contributed by atoms with Gasteiger partial charge in [0, 0.05) is 35.7 Å². The number of carbonyl (C=O) groups excluding carboxylic acids is 2. The number of hydrogen-bond donors (Lipinski definition) is 0. The molecule has 2 fully saturated rings. The van der Waals surface area contributed by atoms with E-state index in [-0.39, 0.29) is 16.6 Å². The average molecular weight is 326 g/mol. The third-order valence-electron chi connectivity index (χ3n) is 8.26. The zero-order valence-electron chi connectivity index (χ0n) is 14.9. The Morgan fingerprint density at radius 3 is 2.54 bits per heavy atom. The lowest BCUT2D eigenvalue weighted by Crippen LogP contribution is -2.52. The second-order valence-corrected chi connectivity index (χ2v) is 9.17. The predicted molar refractivity (Wildman–Crippen MR) is 90.1 cm³/mol. The lowest BCUT2D eigenvalue weighted by atomic mass is 9.48. The van der Waals surface area contributed by atoms with Crippen LogP contribution >= 0.6 is 0 Å². The van der Waals surface area contributed by atoms with E-state index >= 15 is 0 Å². The third kappa shape index (κ3) is 1.55. The molecule has 0 N–H and O–H groups in total. The summed E-state index contributed by atoms with van der Waals surface area (Å²) in [6, 6.07) is 0. The van der Waals surface area contributed by atoms with Crippen molar-refractivity contribution < 1.29 is 14.0 Å². The van der Waals surface area contributed by atoms with E-state index in [4.69, 9.17) is 4.42 Å². The zero-order chi connectivity index (χ0) is 16.9. The number of carbonyl (C=O) groups is 2. The van der Waals surface area contributed by atoms with E-state index in [9.17, 15) is 9.59 Å². The molecule has 3 heteroatoms. The van der Waals surface area contributed by atoms with Crippen LogP contribution in [-0.2, 0) is 16.6 Å². The Bertz CT molecular complexity index is 772. The molecule has 1 aromatic heterocycles. The molecule has 4 aliphatic carbocycles. The Morgan fingerprint density at radius 1 is 1.00 bits per heavy atom. The first-order valence-electron chi connectivity index (χ1n) is 9.55. The van der Waals surface area contributed by atoms with E-state index in [0.717, 1.165) is 55.6 Å². The molecule has 0 radical (unpaired) electrons. The monoisotopic (exact) mass is 326 g/mol. The number of furan rings is 1. The van der Waals surface area contributed by atoms with Crippen LogP contribution in [0.25, 0.3) is 0 Å². The first kappa shape index (κ1) is 14.9. The van der Waals surface area contributed by atoms with Crippen LogP contribution in [0.2, 0.25) is 0 Å². The van der Waals surface area contributed by atoms with E-state index in [0.29, 0.717) is 30.0 Å². The van der Waals surface area contributed by atoms with E-state index < -0.39 is 0 Å². The largest absolute Gasteiger partial charge is 0.465 e. The average Bonchev–Trinajstić information content (AvgIpc) is 3.03. The minimum absolute atomic E-state index is 0.0617. The smallest absolute Gasteiger partial charge is 0.166 e. The second kappa shape index (κ2) is 4.42.